The highest BCUT2D eigenvalue weighted by Gasteiger charge is 2.23. The molecule has 0 amide bonds. The molecule has 0 saturated carbocycles. The third-order valence-corrected chi connectivity index (χ3v) is 3.74. The first-order chi connectivity index (χ1) is 9.24. The van der Waals surface area contributed by atoms with E-state index in [9.17, 15) is 4.39 Å². The van der Waals surface area contributed by atoms with Crippen molar-refractivity contribution in [3.63, 3.8) is 0 Å². The molecule has 2 rings (SSSR count). The number of piperidine rings is 1. The molecule has 4 heteroatoms. The van der Waals surface area contributed by atoms with Crippen molar-refractivity contribution in [2.75, 3.05) is 27.4 Å². The molecule has 1 fully saturated rings. The smallest absolute Gasteiger partial charge is 0.131 e. The molecule has 19 heavy (non-hydrogen) atoms. The molecule has 3 nitrogen and oxygen atoms in total. The molecule has 1 aliphatic rings. The fourth-order valence-corrected chi connectivity index (χ4v) is 2.65. The van der Waals surface area contributed by atoms with E-state index in [1.54, 1.807) is 14.2 Å². The fourth-order valence-electron chi connectivity index (χ4n) is 2.65. The molecule has 0 spiro atoms. The summed E-state index contributed by atoms with van der Waals surface area (Å²) in [5.74, 6) is 0.370. The molecule has 1 aromatic rings. The lowest BCUT2D eigenvalue weighted by atomic mass is 10.0. The second-order valence-electron chi connectivity index (χ2n) is 5.03. The summed E-state index contributed by atoms with van der Waals surface area (Å²) in [4.78, 5) is 2.32. The molecule has 0 radical (unpaired) electrons. The Morgan fingerprint density at radius 3 is 2.84 bits per heavy atom. The Morgan fingerprint density at radius 1 is 1.32 bits per heavy atom. The molecule has 0 bridgehead atoms. The van der Waals surface area contributed by atoms with Gasteiger partial charge in [0.1, 0.15) is 11.6 Å². The number of hydrogen-bond acceptors (Lipinski definition) is 3. The first-order valence-corrected chi connectivity index (χ1v) is 6.80. The van der Waals surface area contributed by atoms with E-state index >= 15 is 0 Å². The maximum absolute atomic E-state index is 14.0. The zero-order valence-corrected chi connectivity index (χ0v) is 11.7. The minimum atomic E-state index is -0.193. The minimum Gasteiger partial charge on any atom is -0.497 e. The van der Waals surface area contributed by atoms with Gasteiger partial charge in [-0.2, -0.15) is 0 Å². The Morgan fingerprint density at radius 2 is 2.16 bits per heavy atom. The van der Waals surface area contributed by atoms with Gasteiger partial charge in [0.15, 0.2) is 0 Å². The standard InChI is InChI=1S/C15H22FNO2/c1-18-11-13-5-3-4-8-17(13)10-12-6-7-14(19-2)9-15(12)16/h6-7,9,13H,3-5,8,10-11H2,1-2H3/t13-/m1/s1. The number of hydrogen-bond donors (Lipinski definition) is 0. The summed E-state index contributed by atoms with van der Waals surface area (Å²) in [6.45, 7) is 2.38. The first-order valence-electron chi connectivity index (χ1n) is 6.80. The van der Waals surface area contributed by atoms with E-state index in [1.165, 1.54) is 18.9 Å². The maximum atomic E-state index is 14.0. The van der Waals surface area contributed by atoms with E-state index < -0.39 is 0 Å². The minimum absolute atomic E-state index is 0.193. The zero-order valence-electron chi connectivity index (χ0n) is 11.7. The Bertz CT molecular complexity index is 409. The molecule has 1 aliphatic heterocycles. The molecule has 0 unspecified atom stereocenters. The quantitative estimate of drug-likeness (QED) is 0.819. The van der Waals surface area contributed by atoms with E-state index in [-0.39, 0.29) is 5.82 Å². The van der Waals surface area contributed by atoms with Gasteiger partial charge in [-0.05, 0) is 25.5 Å². The van der Waals surface area contributed by atoms with Gasteiger partial charge in [-0.3, -0.25) is 4.90 Å². The van der Waals surface area contributed by atoms with Gasteiger partial charge in [0, 0.05) is 31.3 Å². The van der Waals surface area contributed by atoms with Crippen LogP contribution in [0.1, 0.15) is 24.8 Å². The van der Waals surface area contributed by atoms with Gasteiger partial charge < -0.3 is 9.47 Å². The van der Waals surface area contributed by atoms with E-state index in [2.05, 4.69) is 4.90 Å². The summed E-state index contributed by atoms with van der Waals surface area (Å²) in [6, 6.07) is 5.48. The molecule has 1 saturated heterocycles. The topological polar surface area (TPSA) is 21.7 Å². The van der Waals surface area contributed by atoms with Gasteiger partial charge >= 0.3 is 0 Å². The third kappa shape index (κ3) is 3.67. The van der Waals surface area contributed by atoms with Crippen molar-refractivity contribution in [1.82, 2.24) is 4.90 Å². The van der Waals surface area contributed by atoms with Crippen LogP contribution in [0.5, 0.6) is 5.75 Å². The lowest BCUT2D eigenvalue weighted by Crippen LogP contribution is -2.41. The van der Waals surface area contributed by atoms with Crippen molar-refractivity contribution in [2.45, 2.75) is 31.8 Å². The van der Waals surface area contributed by atoms with Crippen molar-refractivity contribution in [3.05, 3.63) is 29.6 Å². The van der Waals surface area contributed by atoms with Crippen LogP contribution in [0, 0.1) is 5.82 Å². The van der Waals surface area contributed by atoms with Crippen molar-refractivity contribution in [2.24, 2.45) is 0 Å². The SMILES string of the molecule is COC[C@H]1CCCCN1Cc1ccc(OC)cc1F. The van der Waals surface area contributed by atoms with Gasteiger partial charge in [-0.15, -0.1) is 0 Å². The lowest BCUT2D eigenvalue weighted by Gasteiger charge is -2.35. The molecule has 1 heterocycles. The van der Waals surface area contributed by atoms with Crippen LogP contribution in [-0.4, -0.2) is 38.3 Å². The summed E-state index contributed by atoms with van der Waals surface area (Å²) < 4.78 is 24.3. The summed E-state index contributed by atoms with van der Waals surface area (Å²) >= 11 is 0. The van der Waals surface area contributed by atoms with Crippen LogP contribution in [0.3, 0.4) is 0 Å². The zero-order chi connectivity index (χ0) is 13.7. The van der Waals surface area contributed by atoms with Gasteiger partial charge in [0.2, 0.25) is 0 Å². The third-order valence-electron chi connectivity index (χ3n) is 3.74. The highest BCUT2D eigenvalue weighted by molar-refractivity contribution is 5.28. The van der Waals surface area contributed by atoms with Crippen LogP contribution in [0.2, 0.25) is 0 Å². The monoisotopic (exact) mass is 267 g/mol. The number of nitrogens with zero attached hydrogens (tertiary/aromatic N) is 1. The predicted octanol–water partition coefficient (Wildman–Crippen LogP) is 2.84. The molecular formula is C15H22FNO2. The van der Waals surface area contributed by atoms with E-state index in [0.717, 1.165) is 25.1 Å². The number of likely N-dealkylation sites (tertiary alicyclic amines) is 1. The molecular weight excluding hydrogens is 245 g/mol. The normalized spacial score (nSPS) is 20.5. The van der Waals surface area contributed by atoms with Crippen LogP contribution in [0.4, 0.5) is 4.39 Å². The Kier molecular flexibility index (Phi) is 5.16. The van der Waals surface area contributed by atoms with Gasteiger partial charge in [-0.1, -0.05) is 12.5 Å². The van der Waals surface area contributed by atoms with Crippen molar-refractivity contribution in [3.8, 4) is 5.75 Å². The van der Waals surface area contributed by atoms with E-state index in [4.69, 9.17) is 9.47 Å². The molecule has 106 valence electrons. The lowest BCUT2D eigenvalue weighted by molar-refractivity contribution is 0.0593. The number of benzene rings is 1. The van der Waals surface area contributed by atoms with E-state index in [1.807, 2.05) is 12.1 Å². The molecule has 1 aromatic carbocycles. The van der Waals surface area contributed by atoms with Crippen molar-refractivity contribution < 1.29 is 13.9 Å². The highest BCUT2D eigenvalue weighted by atomic mass is 19.1. The second kappa shape index (κ2) is 6.87. The Balaban J connectivity index is 2.06. The number of rotatable bonds is 5. The van der Waals surface area contributed by atoms with Crippen LogP contribution in [0.15, 0.2) is 18.2 Å². The second-order valence-corrected chi connectivity index (χ2v) is 5.03. The van der Waals surface area contributed by atoms with Crippen molar-refractivity contribution in [1.29, 1.82) is 0 Å². The Hall–Kier alpha value is -1.13. The molecule has 0 aromatic heterocycles. The largest absolute Gasteiger partial charge is 0.497 e. The fraction of sp³-hybridized carbons (Fsp3) is 0.600. The van der Waals surface area contributed by atoms with Gasteiger partial charge in [0.05, 0.1) is 13.7 Å². The maximum Gasteiger partial charge on any atom is 0.131 e. The van der Waals surface area contributed by atoms with Gasteiger partial charge in [-0.25, -0.2) is 4.39 Å². The van der Waals surface area contributed by atoms with Gasteiger partial charge in [0.25, 0.3) is 0 Å². The first kappa shape index (κ1) is 14.3. The Labute approximate surface area is 114 Å². The summed E-state index contributed by atoms with van der Waals surface area (Å²) in [5, 5.41) is 0. The molecule has 1 atom stereocenters. The number of halogens is 1. The highest BCUT2D eigenvalue weighted by Crippen LogP contribution is 2.23. The number of methoxy groups -OCH3 is 2. The van der Waals surface area contributed by atoms with E-state index in [0.29, 0.717) is 18.3 Å². The average molecular weight is 267 g/mol. The molecule has 0 aliphatic carbocycles. The average Bonchev–Trinajstić information content (AvgIpc) is 2.43. The summed E-state index contributed by atoms with van der Waals surface area (Å²) in [5.41, 5.74) is 0.726. The van der Waals surface area contributed by atoms with Crippen LogP contribution >= 0.6 is 0 Å². The van der Waals surface area contributed by atoms with Crippen molar-refractivity contribution >= 4 is 0 Å². The van der Waals surface area contributed by atoms with Crippen LogP contribution in [0.25, 0.3) is 0 Å². The summed E-state index contributed by atoms with van der Waals surface area (Å²) in [6.07, 6.45) is 3.54. The predicted molar refractivity (Wildman–Crippen MR) is 72.9 cm³/mol. The number of ether oxygens (including phenoxy) is 2. The van der Waals surface area contributed by atoms with Crippen LogP contribution in [-0.2, 0) is 11.3 Å². The molecule has 0 N–H and O–H groups in total. The summed E-state index contributed by atoms with van der Waals surface area (Å²) in [7, 11) is 3.27. The van der Waals surface area contributed by atoms with Crippen LogP contribution < -0.4 is 4.74 Å².